The van der Waals surface area contributed by atoms with Gasteiger partial charge in [-0.25, -0.2) is 0 Å². The fourth-order valence-corrected chi connectivity index (χ4v) is 16.8. The van der Waals surface area contributed by atoms with E-state index in [1.165, 1.54) is 155 Å². The molecule has 0 N–H and O–H groups in total. The molecule has 3 nitrogen and oxygen atoms in total. The maximum atomic E-state index is 2.75. The van der Waals surface area contributed by atoms with E-state index < -0.39 is 5.41 Å². The van der Waals surface area contributed by atoms with E-state index in [0.717, 1.165) is 16.9 Å². The highest BCUT2D eigenvalue weighted by Gasteiger charge is 2.48. The number of para-hydroxylation sites is 2. The van der Waals surface area contributed by atoms with E-state index in [2.05, 4.69) is 361 Å². The molecule has 0 saturated heterocycles. The van der Waals surface area contributed by atoms with Crippen LogP contribution >= 0.6 is 0 Å². The highest BCUT2D eigenvalue weighted by Crippen LogP contribution is 2.58. The summed E-state index contributed by atoms with van der Waals surface area (Å²) in [7, 11) is 0. The first-order valence-electron chi connectivity index (χ1n) is 33.9. The maximum Gasteiger partial charge on any atom is 0.252 e. The van der Waals surface area contributed by atoms with Crippen LogP contribution in [-0.4, -0.2) is 15.8 Å². The van der Waals surface area contributed by atoms with Crippen molar-refractivity contribution >= 4 is 83.8 Å². The second kappa shape index (κ2) is 20.7. The lowest BCUT2D eigenvalue weighted by Crippen LogP contribution is -2.60. The van der Waals surface area contributed by atoms with E-state index in [4.69, 9.17) is 0 Å². The Hall–Kier alpha value is -10.7. The summed E-state index contributed by atoms with van der Waals surface area (Å²) in [6.45, 7) is 21.1. The molecule has 0 atom stereocenters. The molecule has 456 valence electrons. The zero-order valence-electron chi connectivity index (χ0n) is 55.6. The van der Waals surface area contributed by atoms with Crippen molar-refractivity contribution in [3.8, 4) is 55.9 Å². The van der Waals surface area contributed by atoms with Crippen molar-refractivity contribution in [2.24, 2.45) is 0 Å². The summed E-state index contributed by atoms with van der Waals surface area (Å²) in [6, 6.07) is 110. The van der Waals surface area contributed by atoms with Crippen LogP contribution in [0.15, 0.2) is 285 Å². The lowest BCUT2D eigenvalue weighted by molar-refractivity contribution is 0.590. The van der Waals surface area contributed by atoms with Crippen molar-refractivity contribution in [2.75, 3.05) is 4.90 Å². The summed E-state index contributed by atoms with van der Waals surface area (Å²) in [5, 5.41) is 5.02. The van der Waals surface area contributed by atoms with E-state index in [1.54, 1.807) is 0 Å². The van der Waals surface area contributed by atoms with Gasteiger partial charge in [0.2, 0.25) is 0 Å². The second-order valence-electron chi connectivity index (χ2n) is 30.0. The first kappa shape index (κ1) is 57.0. The van der Waals surface area contributed by atoms with Crippen LogP contribution in [0.4, 0.5) is 17.1 Å². The summed E-state index contributed by atoms with van der Waals surface area (Å²) >= 11 is 0. The lowest BCUT2D eigenvalue weighted by atomic mass is 9.33. The van der Waals surface area contributed by atoms with Gasteiger partial charge in [-0.1, -0.05) is 269 Å². The van der Waals surface area contributed by atoms with Gasteiger partial charge in [0.25, 0.3) is 6.71 Å². The molecule has 0 radical (unpaired) electrons. The molecule has 0 spiro atoms. The van der Waals surface area contributed by atoms with Crippen LogP contribution in [-0.2, 0) is 21.7 Å². The molecule has 2 aliphatic heterocycles. The molecule has 15 aromatic rings. The summed E-state index contributed by atoms with van der Waals surface area (Å²) in [5.74, 6) is 0. The number of aromatic nitrogens is 2. The summed E-state index contributed by atoms with van der Waals surface area (Å²) < 4.78 is 5.21. The van der Waals surface area contributed by atoms with Crippen LogP contribution in [0.1, 0.15) is 101 Å². The fraction of sp³-hybridized carbons (Fsp3) is 0.143. The molecule has 4 heteroatoms. The maximum absolute atomic E-state index is 2.75. The van der Waals surface area contributed by atoms with Crippen LogP contribution in [0, 0.1) is 0 Å². The van der Waals surface area contributed by atoms with Crippen molar-refractivity contribution < 1.29 is 0 Å². The number of benzene rings is 13. The van der Waals surface area contributed by atoms with Crippen molar-refractivity contribution in [3.63, 3.8) is 0 Å². The highest BCUT2D eigenvalue weighted by atomic mass is 15.2. The Kier molecular flexibility index (Phi) is 12.4. The molecule has 0 unspecified atom stereocenters. The van der Waals surface area contributed by atoms with E-state index >= 15 is 0 Å². The molecule has 18 rings (SSSR count). The number of nitrogens with zero attached hydrogens (tertiary/aromatic N) is 3. The van der Waals surface area contributed by atoms with Gasteiger partial charge in [-0.2, -0.15) is 0 Å². The average Bonchev–Trinajstić information content (AvgIpc) is 1.65. The topological polar surface area (TPSA) is 13.1 Å². The average molecular weight is 1220 g/mol. The molecule has 13 aromatic carbocycles. The van der Waals surface area contributed by atoms with E-state index in [9.17, 15) is 0 Å². The molecule has 2 aromatic heterocycles. The number of hydrogen-bond donors (Lipinski definition) is 0. The van der Waals surface area contributed by atoms with Gasteiger partial charge in [0.1, 0.15) is 0 Å². The minimum absolute atomic E-state index is 0.0730. The number of anilines is 3. The first-order chi connectivity index (χ1) is 46.0. The fourth-order valence-electron chi connectivity index (χ4n) is 16.8. The van der Waals surface area contributed by atoms with Gasteiger partial charge >= 0.3 is 0 Å². The van der Waals surface area contributed by atoms with Crippen molar-refractivity contribution in [1.29, 1.82) is 0 Å². The third-order valence-electron chi connectivity index (χ3n) is 21.4. The second-order valence-corrected chi connectivity index (χ2v) is 30.0. The monoisotopic (exact) mass is 1220 g/mol. The van der Waals surface area contributed by atoms with Crippen LogP contribution in [0.2, 0.25) is 0 Å². The molecule has 4 heterocycles. The molecule has 0 saturated carbocycles. The van der Waals surface area contributed by atoms with Gasteiger partial charge in [-0.15, -0.1) is 0 Å². The third kappa shape index (κ3) is 8.45. The smallest absolute Gasteiger partial charge is 0.252 e. The molecule has 0 fully saturated rings. The number of hydrogen-bond acceptors (Lipinski definition) is 1. The van der Waals surface area contributed by atoms with Gasteiger partial charge in [-0.3, -0.25) is 0 Å². The Morgan fingerprint density at radius 1 is 0.305 bits per heavy atom. The van der Waals surface area contributed by atoms with Crippen LogP contribution in [0.5, 0.6) is 0 Å². The molecule has 3 aliphatic rings. The molecular weight excluding hydrogens is 1150 g/mol. The summed E-state index contributed by atoms with van der Waals surface area (Å²) in [5.41, 5.74) is 32.3. The van der Waals surface area contributed by atoms with Crippen molar-refractivity contribution in [3.05, 3.63) is 324 Å². The molecule has 1 aliphatic carbocycles. The normalized spacial score (nSPS) is 13.8. The quantitative estimate of drug-likeness (QED) is 0.145. The van der Waals surface area contributed by atoms with Crippen LogP contribution in [0.3, 0.4) is 0 Å². The Bertz CT molecular complexity index is 5540. The first-order valence-corrected chi connectivity index (χ1v) is 33.9. The SMILES string of the molecule is CC(C)(C)c1cc(-c2ccccc2)c(N2c3cc4c5ccccc5n(-c5ccccc5)c4cc3B3c4c2cc(-c2ccc5c(c2)C(c2ccccc2)(c2ccccc2)c2ccccc2-5)cc4-n2c4ccc(C(C)(C)C)cc4c4cc(C(C)(C)C)cc3c42)c(-c2ccccc2)c1. The van der Waals surface area contributed by atoms with Crippen molar-refractivity contribution in [1.82, 2.24) is 9.13 Å². The molecule has 95 heavy (non-hydrogen) atoms. The Morgan fingerprint density at radius 2 is 0.832 bits per heavy atom. The minimum Gasteiger partial charge on any atom is -0.310 e. The predicted octanol–water partition coefficient (Wildman–Crippen LogP) is 21.8. The minimum atomic E-state index is -0.589. The third-order valence-corrected chi connectivity index (χ3v) is 21.4. The van der Waals surface area contributed by atoms with Crippen LogP contribution in [0.25, 0.3) is 99.5 Å². The van der Waals surface area contributed by atoms with E-state index in [-0.39, 0.29) is 23.0 Å². The Morgan fingerprint density at radius 3 is 1.47 bits per heavy atom. The standard InChI is InChI=1S/C91H74BN3/c1-88(2,3)63-44-46-80-72(50-63)74-53-65(90(7,8)9)54-78-87(74)94(80)83-48-60(59-43-45-68-67-39-25-27-41-75(67)91(76(68)47-59,61-33-19-12-20-34-61)62-35-21-13-22-36-62)49-84-85(83)92(78)77-56-81-73(69-40-26-28-42-79(69)93(81)66-37-23-14-24-38-66)55-82(77)95(84)86-70(57-29-15-10-16-30-57)51-64(89(4,5)6)52-71(86)58-31-17-11-18-32-58/h10-56H,1-9H3. The number of fused-ring (bicyclic) bond motifs is 13. The molecule has 0 bridgehead atoms. The van der Waals surface area contributed by atoms with E-state index in [0.29, 0.717) is 0 Å². The van der Waals surface area contributed by atoms with Crippen molar-refractivity contribution in [2.45, 2.75) is 84.0 Å². The molecular formula is C91H74BN3. The molecule has 0 amide bonds. The summed E-state index contributed by atoms with van der Waals surface area (Å²) in [4.78, 5) is 2.75. The lowest BCUT2D eigenvalue weighted by Gasteiger charge is -2.43. The highest BCUT2D eigenvalue weighted by molar-refractivity contribution is 7.00. The van der Waals surface area contributed by atoms with Crippen LogP contribution < -0.4 is 21.3 Å². The zero-order chi connectivity index (χ0) is 64.4. The predicted molar refractivity (Wildman–Crippen MR) is 404 cm³/mol. The van der Waals surface area contributed by atoms with Gasteiger partial charge < -0.3 is 14.0 Å². The number of rotatable bonds is 7. The van der Waals surface area contributed by atoms with E-state index in [1.807, 2.05) is 0 Å². The largest absolute Gasteiger partial charge is 0.310 e. The Balaban J connectivity index is 1.05. The van der Waals surface area contributed by atoms with Gasteiger partial charge in [-0.05, 0) is 184 Å². The Labute approximate surface area is 558 Å². The van der Waals surface area contributed by atoms with Gasteiger partial charge in [0.15, 0.2) is 0 Å². The van der Waals surface area contributed by atoms with Gasteiger partial charge in [0.05, 0.1) is 27.7 Å². The van der Waals surface area contributed by atoms with Gasteiger partial charge in [0, 0.05) is 60.9 Å². The summed E-state index contributed by atoms with van der Waals surface area (Å²) in [6.07, 6.45) is 0. The zero-order valence-corrected chi connectivity index (χ0v) is 55.6.